The summed E-state index contributed by atoms with van der Waals surface area (Å²) in [6.45, 7) is 2.26. The summed E-state index contributed by atoms with van der Waals surface area (Å²) in [5, 5.41) is 5.37. The Morgan fingerprint density at radius 1 is 0.833 bits per heavy atom. The molecule has 0 fully saturated rings. The van der Waals surface area contributed by atoms with Crippen molar-refractivity contribution >= 4 is 48.7 Å². The van der Waals surface area contributed by atoms with E-state index in [1.165, 1.54) is 73.5 Å². The van der Waals surface area contributed by atoms with Crippen LogP contribution in [0.15, 0.2) is 66.9 Å². The van der Waals surface area contributed by atoms with E-state index < -0.39 is 0 Å². The molecule has 0 saturated carbocycles. The second kappa shape index (κ2) is 7.10. The molecule has 4 heterocycles. The zero-order valence-electron chi connectivity index (χ0n) is 17.2. The number of pyridine rings is 1. The van der Waals surface area contributed by atoms with Crippen LogP contribution in [0.3, 0.4) is 0 Å². The molecular formula is C27H24N2S. The Labute approximate surface area is 180 Å². The monoisotopic (exact) mass is 408 g/mol. The molecule has 4 aromatic heterocycles. The van der Waals surface area contributed by atoms with Crippen LogP contribution < -0.4 is 0 Å². The quantitative estimate of drug-likeness (QED) is 0.255. The molecule has 0 aliphatic rings. The zero-order valence-corrected chi connectivity index (χ0v) is 18.0. The Morgan fingerprint density at radius 3 is 2.57 bits per heavy atom. The van der Waals surface area contributed by atoms with Gasteiger partial charge in [0.15, 0.2) is 0 Å². The number of unbranched alkanes of at least 4 members (excludes halogenated alkanes) is 3. The molecular weight excluding hydrogens is 384 g/mol. The van der Waals surface area contributed by atoms with E-state index in [4.69, 9.17) is 4.98 Å². The minimum absolute atomic E-state index is 1.10. The lowest BCUT2D eigenvalue weighted by molar-refractivity contribution is 0.666. The van der Waals surface area contributed by atoms with Crippen molar-refractivity contribution in [2.24, 2.45) is 0 Å². The molecule has 0 saturated heterocycles. The molecule has 148 valence electrons. The van der Waals surface area contributed by atoms with Crippen molar-refractivity contribution in [1.29, 1.82) is 0 Å². The summed E-state index contributed by atoms with van der Waals surface area (Å²) < 4.78 is 2.46. The van der Waals surface area contributed by atoms with E-state index >= 15 is 0 Å². The molecule has 0 aliphatic heterocycles. The number of fused-ring (bicyclic) bond motifs is 6. The molecule has 2 aromatic carbocycles. The lowest BCUT2D eigenvalue weighted by atomic mass is 10.1. The first-order valence-corrected chi connectivity index (χ1v) is 11.8. The maximum Gasteiger partial charge on any atom is 0.109 e. The highest BCUT2D eigenvalue weighted by molar-refractivity contribution is 7.22. The van der Waals surface area contributed by atoms with Crippen molar-refractivity contribution in [2.75, 3.05) is 0 Å². The molecule has 0 aliphatic carbocycles. The summed E-state index contributed by atoms with van der Waals surface area (Å²) in [5.74, 6) is 0. The molecule has 6 rings (SSSR count). The molecule has 0 bridgehead atoms. The van der Waals surface area contributed by atoms with Crippen molar-refractivity contribution in [3.8, 4) is 10.6 Å². The molecule has 0 amide bonds. The van der Waals surface area contributed by atoms with Gasteiger partial charge in [0.05, 0.1) is 21.6 Å². The van der Waals surface area contributed by atoms with Crippen LogP contribution in [0.2, 0.25) is 0 Å². The minimum Gasteiger partial charge on any atom is -0.299 e. The van der Waals surface area contributed by atoms with Crippen LogP contribution in [0.25, 0.3) is 48.0 Å². The largest absolute Gasteiger partial charge is 0.299 e. The van der Waals surface area contributed by atoms with Gasteiger partial charge in [-0.05, 0) is 42.7 Å². The fourth-order valence-corrected chi connectivity index (χ4v) is 6.00. The average Bonchev–Trinajstić information content (AvgIpc) is 3.44. The van der Waals surface area contributed by atoms with Crippen molar-refractivity contribution in [3.05, 3.63) is 72.4 Å². The lowest BCUT2D eigenvalue weighted by Gasteiger charge is -2.03. The van der Waals surface area contributed by atoms with Gasteiger partial charge in [-0.3, -0.25) is 9.38 Å². The third-order valence-electron chi connectivity index (χ3n) is 6.30. The predicted molar refractivity (Wildman–Crippen MR) is 130 cm³/mol. The number of aromatic nitrogens is 2. The number of thiophene rings is 1. The third kappa shape index (κ3) is 2.65. The molecule has 3 heteroatoms. The van der Waals surface area contributed by atoms with Crippen molar-refractivity contribution in [3.63, 3.8) is 0 Å². The van der Waals surface area contributed by atoms with E-state index in [2.05, 4.69) is 72.0 Å². The Morgan fingerprint density at radius 2 is 1.67 bits per heavy atom. The molecule has 0 unspecified atom stereocenters. The van der Waals surface area contributed by atoms with Crippen LogP contribution in [-0.4, -0.2) is 9.38 Å². The number of benzene rings is 2. The standard InChI is InChI=1S/C27H24N2S/c1-2-3-4-5-9-18-14-15-28-23(16-18)25-17-22-21-12-8-11-20-19-10-6-7-13-24(19)29(26(20)21)27(22)30-25/h6-8,10-17H,2-5,9H2,1H3. The maximum absolute atomic E-state index is 4.72. The molecule has 2 nitrogen and oxygen atoms in total. The Balaban J connectivity index is 1.49. The first-order chi connectivity index (χ1) is 14.8. The summed E-state index contributed by atoms with van der Waals surface area (Å²) in [5.41, 5.74) is 5.15. The average molecular weight is 409 g/mol. The van der Waals surface area contributed by atoms with Gasteiger partial charge in [0.25, 0.3) is 0 Å². The highest BCUT2D eigenvalue weighted by atomic mass is 32.1. The summed E-state index contributed by atoms with van der Waals surface area (Å²) in [6.07, 6.45) is 8.31. The van der Waals surface area contributed by atoms with Gasteiger partial charge in [-0.1, -0.05) is 62.6 Å². The van der Waals surface area contributed by atoms with Crippen LogP contribution in [0, 0.1) is 0 Å². The first-order valence-electron chi connectivity index (χ1n) is 11.0. The van der Waals surface area contributed by atoms with E-state index in [-0.39, 0.29) is 0 Å². The van der Waals surface area contributed by atoms with E-state index in [9.17, 15) is 0 Å². The van der Waals surface area contributed by atoms with Crippen molar-refractivity contribution < 1.29 is 0 Å². The van der Waals surface area contributed by atoms with E-state index in [0.717, 1.165) is 12.1 Å². The fraction of sp³-hybridized carbons (Fsp3) is 0.222. The summed E-state index contributed by atoms with van der Waals surface area (Å²) in [6, 6.07) is 22.3. The van der Waals surface area contributed by atoms with Gasteiger partial charge in [0.1, 0.15) is 4.83 Å². The van der Waals surface area contributed by atoms with Gasteiger partial charge in [0.2, 0.25) is 0 Å². The number of nitrogens with zero attached hydrogens (tertiary/aromatic N) is 2. The zero-order chi connectivity index (χ0) is 20.1. The van der Waals surface area contributed by atoms with Gasteiger partial charge in [0, 0.05) is 27.7 Å². The maximum atomic E-state index is 4.72. The third-order valence-corrected chi connectivity index (χ3v) is 7.44. The number of para-hydroxylation sites is 2. The van der Waals surface area contributed by atoms with Crippen LogP contribution >= 0.6 is 11.3 Å². The molecule has 0 radical (unpaired) electrons. The van der Waals surface area contributed by atoms with Gasteiger partial charge >= 0.3 is 0 Å². The predicted octanol–water partition coefficient (Wildman–Crippen LogP) is 8.08. The fourth-order valence-electron chi connectivity index (χ4n) is 4.83. The number of hydrogen-bond donors (Lipinski definition) is 0. The topological polar surface area (TPSA) is 17.3 Å². The van der Waals surface area contributed by atoms with Crippen molar-refractivity contribution in [1.82, 2.24) is 9.38 Å². The smallest absolute Gasteiger partial charge is 0.109 e. The molecule has 6 aromatic rings. The minimum atomic E-state index is 1.10. The summed E-state index contributed by atoms with van der Waals surface area (Å²) in [7, 11) is 0. The lowest BCUT2D eigenvalue weighted by Crippen LogP contribution is -1.88. The van der Waals surface area contributed by atoms with Crippen LogP contribution in [-0.2, 0) is 6.42 Å². The van der Waals surface area contributed by atoms with E-state index in [1.807, 2.05) is 17.5 Å². The summed E-state index contributed by atoms with van der Waals surface area (Å²) >= 11 is 1.87. The SMILES string of the molecule is CCCCCCc1ccnc(-c2cc3c4cccc5c6ccccc6n(c3s2)c54)c1. The number of hydrogen-bond acceptors (Lipinski definition) is 2. The molecule has 0 N–H and O–H groups in total. The molecule has 30 heavy (non-hydrogen) atoms. The Kier molecular flexibility index (Phi) is 4.24. The van der Waals surface area contributed by atoms with Crippen molar-refractivity contribution in [2.45, 2.75) is 39.0 Å². The van der Waals surface area contributed by atoms with Gasteiger partial charge in [-0.15, -0.1) is 11.3 Å². The van der Waals surface area contributed by atoms with Gasteiger partial charge in [-0.25, -0.2) is 0 Å². The van der Waals surface area contributed by atoms with Gasteiger partial charge in [-0.2, -0.15) is 0 Å². The van der Waals surface area contributed by atoms with Crippen LogP contribution in [0.4, 0.5) is 0 Å². The highest BCUT2D eigenvalue weighted by Crippen LogP contribution is 2.43. The normalized spacial score (nSPS) is 12.2. The number of aryl methyl sites for hydroxylation is 1. The van der Waals surface area contributed by atoms with Crippen LogP contribution in [0.1, 0.15) is 38.2 Å². The first kappa shape index (κ1) is 17.9. The van der Waals surface area contributed by atoms with Gasteiger partial charge < -0.3 is 0 Å². The Hall–Kier alpha value is -2.91. The van der Waals surface area contributed by atoms with E-state index in [0.29, 0.717) is 0 Å². The second-order valence-corrected chi connectivity index (χ2v) is 9.27. The second-order valence-electron chi connectivity index (χ2n) is 8.24. The van der Waals surface area contributed by atoms with E-state index in [1.54, 1.807) is 0 Å². The molecule has 0 spiro atoms. The van der Waals surface area contributed by atoms with Crippen LogP contribution in [0.5, 0.6) is 0 Å². The molecule has 0 atom stereocenters. The number of rotatable bonds is 6. The summed E-state index contributed by atoms with van der Waals surface area (Å²) in [4.78, 5) is 7.31. The Bertz CT molecular complexity index is 1490. The highest BCUT2D eigenvalue weighted by Gasteiger charge is 2.19.